The van der Waals surface area contributed by atoms with Crippen molar-refractivity contribution in [2.24, 2.45) is 0 Å². The van der Waals surface area contributed by atoms with Crippen molar-refractivity contribution in [2.75, 3.05) is 34.5 Å². The highest BCUT2D eigenvalue weighted by molar-refractivity contribution is 5.93. The van der Waals surface area contributed by atoms with E-state index >= 15 is 0 Å². The molecule has 0 amide bonds. The zero-order valence-electron chi connectivity index (χ0n) is 23.9. The summed E-state index contributed by atoms with van der Waals surface area (Å²) in [7, 11) is 4.22. The van der Waals surface area contributed by atoms with Crippen LogP contribution in [-0.4, -0.2) is 120 Å². The van der Waals surface area contributed by atoms with Gasteiger partial charge in [0.05, 0.1) is 40.1 Å². The van der Waals surface area contributed by atoms with Gasteiger partial charge < -0.3 is 68.2 Å². The van der Waals surface area contributed by atoms with Gasteiger partial charge in [0.2, 0.25) is 17.5 Å². The second-order valence-electron chi connectivity index (χ2n) is 10.2. The molecule has 3 heterocycles. The van der Waals surface area contributed by atoms with Gasteiger partial charge in [-0.05, 0) is 17.7 Å². The van der Waals surface area contributed by atoms with Crippen molar-refractivity contribution in [1.82, 2.24) is 0 Å². The third kappa shape index (κ3) is 5.81. The van der Waals surface area contributed by atoms with Crippen LogP contribution in [0.2, 0.25) is 0 Å². The van der Waals surface area contributed by atoms with Gasteiger partial charge in [-0.1, -0.05) is 12.1 Å². The Bertz CT molecular complexity index is 1490. The first-order valence-electron chi connectivity index (χ1n) is 13.6. The van der Waals surface area contributed by atoms with Gasteiger partial charge in [-0.15, -0.1) is 0 Å². The standard InChI is InChI=1S/C29H34O15/c1-37-13-6-4-12(5-7-13)14-10-40-26-19(20(14)32)16(8-17(38-2)25(26)39-3)42-29-27(23(35)22(34)18(9-30)43-29)44-28-24(36)21(33)15(31)11-41-28/h4-8,10,15,18,21-24,27-31,33-36H,9,11H2,1-3H3/t15-,18-,21-,22-,23+,24-,27-,28-,29-/m0/s1. The SMILES string of the molecule is COc1ccc(-c2coc3c(OC)c(OC)cc(O[C@H]4O[C@@H](CO)[C@H](O)[C@@H](O)[C@@H]4O[C@@H]4OC[C@H](O)[C@H](O)[C@@H]4O)c3c2=O)cc1. The predicted molar refractivity (Wildman–Crippen MR) is 149 cm³/mol. The van der Waals surface area contributed by atoms with Crippen LogP contribution < -0.4 is 24.4 Å². The molecule has 0 saturated carbocycles. The predicted octanol–water partition coefficient (Wildman–Crippen LogP) is -0.872. The maximum Gasteiger partial charge on any atom is 0.229 e. The number of rotatable bonds is 9. The van der Waals surface area contributed by atoms with Crippen molar-refractivity contribution < 1.29 is 68.2 Å². The number of aliphatic hydroxyl groups is 6. The molecule has 2 saturated heterocycles. The summed E-state index contributed by atoms with van der Waals surface area (Å²) in [6, 6.07) is 7.99. The number of methoxy groups -OCH3 is 3. The molecular formula is C29H34O15. The van der Waals surface area contributed by atoms with E-state index in [4.69, 9.17) is 37.6 Å². The highest BCUT2D eigenvalue weighted by Gasteiger charge is 2.50. The minimum absolute atomic E-state index is 0.0418. The van der Waals surface area contributed by atoms with E-state index in [2.05, 4.69) is 0 Å². The van der Waals surface area contributed by atoms with Gasteiger partial charge in [0.25, 0.3) is 0 Å². The Balaban J connectivity index is 1.60. The van der Waals surface area contributed by atoms with Crippen LogP contribution in [0.3, 0.4) is 0 Å². The number of hydrogen-bond acceptors (Lipinski definition) is 15. The topological polar surface area (TPSA) is 216 Å². The summed E-state index contributed by atoms with van der Waals surface area (Å²) < 4.78 is 44.9. The average molecular weight is 623 g/mol. The van der Waals surface area contributed by atoms with Gasteiger partial charge in [0.1, 0.15) is 59.8 Å². The van der Waals surface area contributed by atoms with Gasteiger partial charge in [0.15, 0.2) is 23.7 Å². The molecule has 0 spiro atoms. The van der Waals surface area contributed by atoms with Gasteiger partial charge in [-0.2, -0.15) is 0 Å². The van der Waals surface area contributed by atoms with Crippen molar-refractivity contribution >= 4 is 11.0 Å². The van der Waals surface area contributed by atoms with Gasteiger partial charge in [-0.3, -0.25) is 4.79 Å². The molecule has 0 aliphatic carbocycles. The highest BCUT2D eigenvalue weighted by atomic mass is 16.8. The molecule has 3 aromatic rings. The third-order valence-electron chi connectivity index (χ3n) is 7.57. The molecule has 1 aromatic heterocycles. The lowest BCUT2D eigenvalue weighted by atomic mass is 9.98. The van der Waals surface area contributed by atoms with Crippen LogP contribution in [0.15, 0.2) is 45.8 Å². The Morgan fingerprint density at radius 3 is 2.23 bits per heavy atom. The summed E-state index contributed by atoms with van der Waals surface area (Å²) in [6.07, 6.45) is -13.2. The molecule has 9 atom stereocenters. The summed E-state index contributed by atoms with van der Waals surface area (Å²) >= 11 is 0. The van der Waals surface area contributed by atoms with Crippen molar-refractivity contribution in [3.05, 3.63) is 46.8 Å². The summed E-state index contributed by atoms with van der Waals surface area (Å²) in [5, 5.41) is 61.6. The van der Waals surface area contributed by atoms with Gasteiger partial charge in [0, 0.05) is 6.07 Å². The summed E-state index contributed by atoms with van der Waals surface area (Å²) in [5.74, 6) is 0.593. The van der Waals surface area contributed by atoms with Crippen molar-refractivity contribution in [3.63, 3.8) is 0 Å². The normalized spacial score (nSPS) is 30.6. The number of fused-ring (bicyclic) bond motifs is 1. The third-order valence-corrected chi connectivity index (χ3v) is 7.57. The van der Waals surface area contributed by atoms with E-state index in [-0.39, 0.29) is 33.8 Å². The van der Waals surface area contributed by atoms with E-state index in [1.54, 1.807) is 24.3 Å². The van der Waals surface area contributed by atoms with Crippen LogP contribution in [0.5, 0.6) is 23.0 Å². The molecule has 0 bridgehead atoms. The van der Waals surface area contributed by atoms with Crippen LogP contribution in [0.1, 0.15) is 0 Å². The molecule has 15 heteroatoms. The molecule has 6 N–H and O–H groups in total. The average Bonchev–Trinajstić information content (AvgIpc) is 3.04. The second kappa shape index (κ2) is 13.2. The minimum atomic E-state index is -1.77. The van der Waals surface area contributed by atoms with Crippen molar-refractivity contribution in [2.45, 2.75) is 55.3 Å². The molecule has 0 unspecified atom stereocenters. The molecular weight excluding hydrogens is 588 g/mol. The minimum Gasteiger partial charge on any atom is -0.497 e. The van der Waals surface area contributed by atoms with E-state index in [9.17, 15) is 35.4 Å². The molecule has 0 radical (unpaired) electrons. The van der Waals surface area contributed by atoms with E-state index in [1.165, 1.54) is 33.7 Å². The molecule has 240 valence electrons. The molecule has 2 aliphatic rings. The molecule has 44 heavy (non-hydrogen) atoms. The first-order valence-corrected chi connectivity index (χ1v) is 13.6. The quantitative estimate of drug-likeness (QED) is 0.171. The summed E-state index contributed by atoms with van der Waals surface area (Å²) in [6.45, 7) is -1.13. The van der Waals surface area contributed by atoms with E-state index in [1.807, 2.05) is 0 Å². The Hall–Kier alpha value is -3.51. The lowest BCUT2D eigenvalue weighted by Gasteiger charge is -2.44. The highest BCUT2D eigenvalue weighted by Crippen LogP contribution is 2.42. The Morgan fingerprint density at radius 1 is 0.864 bits per heavy atom. The Morgan fingerprint density at radius 2 is 1.59 bits per heavy atom. The van der Waals surface area contributed by atoms with Crippen LogP contribution in [0.4, 0.5) is 0 Å². The summed E-state index contributed by atoms with van der Waals surface area (Å²) in [4.78, 5) is 14.0. The van der Waals surface area contributed by atoms with Crippen molar-refractivity contribution in [3.8, 4) is 34.1 Å². The zero-order chi connectivity index (χ0) is 31.7. The molecule has 5 rings (SSSR count). The summed E-state index contributed by atoms with van der Waals surface area (Å²) in [5.41, 5.74) is 0.0767. The maximum absolute atomic E-state index is 14.0. The Labute approximate surface area is 250 Å². The molecule has 15 nitrogen and oxygen atoms in total. The molecule has 2 aliphatic heterocycles. The number of ether oxygens (including phenoxy) is 7. The fourth-order valence-electron chi connectivity index (χ4n) is 5.11. The second-order valence-corrected chi connectivity index (χ2v) is 10.2. The fraction of sp³-hybridized carbons (Fsp3) is 0.483. The number of benzene rings is 2. The van der Waals surface area contributed by atoms with Gasteiger partial charge in [-0.25, -0.2) is 0 Å². The maximum atomic E-state index is 14.0. The first kappa shape index (κ1) is 31.9. The van der Waals surface area contributed by atoms with Crippen LogP contribution in [-0.2, 0) is 14.2 Å². The zero-order valence-corrected chi connectivity index (χ0v) is 23.9. The lowest BCUT2D eigenvalue weighted by Crippen LogP contribution is -2.63. The molecule has 2 aromatic carbocycles. The Kier molecular flexibility index (Phi) is 9.59. The number of hydrogen-bond donors (Lipinski definition) is 6. The number of aliphatic hydroxyl groups excluding tert-OH is 6. The van der Waals surface area contributed by atoms with Crippen LogP contribution in [0, 0.1) is 0 Å². The lowest BCUT2D eigenvalue weighted by molar-refractivity contribution is -0.344. The van der Waals surface area contributed by atoms with Crippen molar-refractivity contribution in [1.29, 1.82) is 0 Å². The first-order chi connectivity index (χ1) is 21.1. The van der Waals surface area contributed by atoms with Gasteiger partial charge >= 0.3 is 0 Å². The van der Waals surface area contributed by atoms with E-state index in [0.717, 1.165) is 0 Å². The fourth-order valence-corrected chi connectivity index (χ4v) is 5.11. The smallest absolute Gasteiger partial charge is 0.229 e. The van der Waals surface area contributed by atoms with E-state index < -0.39 is 74.0 Å². The monoisotopic (exact) mass is 622 g/mol. The van der Waals surface area contributed by atoms with E-state index in [0.29, 0.717) is 11.3 Å². The van der Waals surface area contributed by atoms with Crippen LogP contribution >= 0.6 is 0 Å². The van der Waals surface area contributed by atoms with Crippen LogP contribution in [0.25, 0.3) is 22.1 Å². The molecule has 2 fully saturated rings. The largest absolute Gasteiger partial charge is 0.497 e.